The highest BCUT2D eigenvalue weighted by molar-refractivity contribution is 5.85. The zero-order valence-corrected chi connectivity index (χ0v) is 12.6. The number of hydrogen-bond donors (Lipinski definition) is 1. The summed E-state index contributed by atoms with van der Waals surface area (Å²) in [4.78, 5) is 14.5. The average Bonchev–Trinajstić information content (AvgIpc) is 2.86. The molecular weight excluding hydrogens is 240 g/mol. The van der Waals surface area contributed by atoms with Gasteiger partial charge in [0.15, 0.2) is 0 Å². The first-order valence-corrected chi connectivity index (χ1v) is 7.71. The quantitative estimate of drug-likeness (QED) is 0.847. The highest BCUT2D eigenvalue weighted by Gasteiger charge is 2.41. The van der Waals surface area contributed by atoms with E-state index in [0.29, 0.717) is 12.1 Å². The maximum atomic E-state index is 12.6. The smallest absolute Gasteiger partial charge is 0.254 e. The fourth-order valence-electron chi connectivity index (χ4n) is 3.44. The lowest BCUT2D eigenvalue weighted by Crippen LogP contribution is -2.51. The second-order valence-corrected chi connectivity index (χ2v) is 6.16. The molecule has 2 fully saturated rings. The first kappa shape index (κ1) is 14.8. The Morgan fingerprint density at radius 2 is 2.05 bits per heavy atom. The Bertz CT molecular complexity index is 305. The molecule has 1 aliphatic heterocycles. The first-order chi connectivity index (χ1) is 9.07. The largest absolute Gasteiger partial charge is 0.365 e. The summed E-state index contributed by atoms with van der Waals surface area (Å²) in [5.74, 6) is 0.178. The van der Waals surface area contributed by atoms with Crippen LogP contribution in [0.2, 0.25) is 0 Å². The van der Waals surface area contributed by atoms with Crippen LogP contribution in [0.3, 0.4) is 0 Å². The van der Waals surface area contributed by atoms with Crippen LogP contribution in [-0.2, 0) is 9.53 Å². The zero-order valence-electron chi connectivity index (χ0n) is 12.6. The van der Waals surface area contributed by atoms with Gasteiger partial charge in [0.25, 0.3) is 5.91 Å². The van der Waals surface area contributed by atoms with Crippen LogP contribution in [0.4, 0.5) is 0 Å². The van der Waals surface area contributed by atoms with Gasteiger partial charge in [0.05, 0.1) is 0 Å². The number of carbonyl (C=O) groups excluding carboxylic acids is 1. The molecule has 1 unspecified atom stereocenters. The van der Waals surface area contributed by atoms with Gasteiger partial charge in [0.2, 0.25) is 0 Å². The van der Waals surface area contributed by atoms with Crippen LogP contribution in [0.1, 0.15) is 52.4 Å². The van der Waals surface area contributed by atoms with E-state index in [1.54, 1.807) is 0 Å². The Morgan fingerprint density at radius 3 is 2.58 bits per heavy atom. The highest BCUT2D eigenvalue weighted by Crippen LogP contribution is 2.30. The van der Waals surface area contributed by atoms with Crippen molar-refractivity contribution in [3.63, 3.8) is 0 Å². The Labute approximate surface area is 116 Å². The second-order valence-electron chi connectivity index (χ2n) is 6.16. The molecule has 0 aromatic carbocycles. The summed E-state index contributed by atoms with van der Waals surface area (Å²) in [7, 11) is 1.95. The van der Waals surface area contributed by atoms with Crippen molar-refractivity contribution in [2.75, 3.05) is 20.2 Å². The number of amides is 1. The third-order valence-corrected chi connectivity index (χ3v) is 4.73. The van der Waals surface area contributed by atoms with Gasteiger partial charge in [0.1, 0.15) is 5.60 Å². The first-order valence-electron chi connectivity index (χ1n) is 7.71. The molecule has 1 aliphatic carbocycles. The Morgan fingerprint density at radius 1 is 1.37 bits per heavy atom. The standard InChI is InChI=1S/C15H28N2O2/c1-4-16-12-6-8-13(9-7-12)17(3)14(18)15(2)10-5-11-19-15/h12-13,16H,4-11H2,1-3H3. The van der Waals surface area contributed by atoms with Crippen LogP contribution in [0.15, 0.2) is 0 Å². The van der Waals surface area contributed by atoms with Gasteiger partial charge >= 0.3 is 0 Å². The summed E-state index contributed by atoms with van der Waals surface area (Å²) in [6, 6.07) is 1.03. The van der Waals surface area contributed by atoms with Crippen LogP contribution in [-0.4, -0.2) is 48.7 Å². The molecule has 1 atom stereocenters. The van der Waals surface area contributed by atoms with E-state index in [2.05, 4.69) is 12.2 Å². The third kappa shape index (κ3) is 3.29. The molecule has 0 spiro atoms. The average molecular weight is 268 g/mol. The maximum Gasteiger partial charge on any atom is 0.254 e. The van der Waals surface area contributed by atoms with E-state index in [1.165, 1.54) is 12.8 Å². The molecule has 1 N–H and O–H groups in total. The van der Waals surface area contributed by atoms with Gasteiger partial charge in [0, 0.05) is 25.7 Å². The third-order valence-electron chi connectivity index (χ3n) is 4.73. The van der Waals surface area contributed by atoms with Gasteiger partial charge < -0.3 is 15.0 Å². The number of nitrogens with zero attached hydrogens (tertiary/aromatic N) is 1. The number of carbonyl (C=O) groups is 1. The predicted molar refractivity (Wildman–Crippen MR) is 76.1 cm³/mol. The molecule has 1 amide bonds. The molecule has 0 bridgehead atoms. The summed E-state index contributed by atoms with van der Waals surface area (Å²) in [6.07, 6.45) is 6.43. The van der Waals surface area contributed by atoms with Crippen LogP contribution in [0.25, 0.3) is 0 Å². The van der Waals surface area contributed by atoms with Gasteiger partial charge in [-0.1, -0.05) is 6.92 Å². The van der Waals surface area contributed by atoms with Crippen molar-refractivity contribution in [2.45, 2.75) is 70.1 Å². The molecular formula is C15H28N2O2. The summed E-state index contributed by atoms with van der Waals surface area (Å²) in [6.45, 7) is 5.86. The van der Waals surface area contributed by atoms with Crippen LogP contribution < -0.4 is 5.32 Å². The lowest BCUT2D eigenvalue weighted by atomic mass is 9.89. The monoisotopic (exact) mass is 268 g/mol. The molecule has 1 saturated heterocycles. The number of likely N-dealkylation sites (N-methyl/N-ethyl adjacent to an activating group) is 1. The molecule has 0 aromatic heterocycles. The minimum Gasteiger partial charge on any atom is -0.365 e. The van der Waals surface area contributed by atoms with Crippen molar-refractivity contribution in [1.29, 1.82) is 0 Å². The molecule has 4 heteroatoms. The number of nitrogens with one attached hydrogen (secondary N) is 1. The molecule has 19 heavy (non-hydrogen) atoms. The SMILES string of the molecule is CCNC1CCC(N(C)C(=O)C2(C)CCCO2)CC1. The van der Waals surface area contributed by atoms with Crippen LogP contribution in [0, 0.1) is 0 Å². The van der Waals surface area contributed by atoms with Gasteiger partial charge in [-0.05, 0) is 52.0 Å². The molecule has 1 saturated carbocycles. The Hall–Kier alpha value is -0.610. The minimum absolute atomic E-state index is 0.178. The minimum atomic E-state index is -0.562. The molecule has 2 aliphatic rings. The van der Waals surface area contributed by atoms with Gasteiger partial charge in [-0.25, -0.2) is 0 Å². The lowest BCUT2D eigenvalue weighted by molar-refractivity contribution is -0.152. The zero-order chi connectivity index (χ0) is 13.9. The summed E-state index contributed by atoms with van der Waals surface area (Å²) in [5.41, 5.74) is -0.562. The van der Waals surface area contributed by atoms with Crippen molar-refractivity contribution in [3.05, 3.63) is 0 Å². The lowest BCUT2D eigenvalue weighted by Gasteiger charge is -2.38. The fraction of sp³-hybridized carbons (Fsp3) is 0.933. The van der Waals surface area contributed by atoms with Gasteiger partial charge in [-0.2, -0.15) is 0 Å². The molecule has 0 aromatic rings. The Balaban J connectivity index is 1.87. The summed E-state index contributed by atoms with van der Waals surface area (Å²) in [5, 5.41) is 3.51. The van der Waals surface area contributed by atoms with E-state index in [-0.39, 0.29) is 5.91 Å². The van der Waals surface area contributed by atoms with E-state index in [0.717, 1.165) is 38.8 Å². The Kier molecular flexibility index (Phi) is 4.85. The van der Waals surface area contributed by atoms with E-state index < -0.39 is 5.60 Å². The van der Waals surface area contributed by atoms with Crippen molar-refractivity contribution in [1.82, 2.24) is 10.2 Å². The predicted octanol–water partition coefficient (Wildman–Crippen LogP) is 1.93. The molecule has 1 heterocycles. The molecule has 110 valence electrons. The molecule has 0 radical (unpaired) electrons. The summed E-state index contributed by atoms with van der Waals surface area (Å²) >= 11 is 0. The number of rotatable bonds is 4. The molecule has 4 nitrogen and oxygen atoms in total. The number of hydrogen-bond acceptors (Lipinski definition) is 3. The van der Waals surface area contributed by atoms with Crippen molar-refractivity contribution < 1.29 is 9.53 Å². The second kappa shape index (κ2) is 6.23. The van der Waals surface area contributed by atoms with Crippen LogP contribution in [0.5, 0.6) is 0 Å². The topological polar surface area (TPSA) is 41.6 Å². The normalized spacial score (nSPS) is 35.3. The van der Waals surface area contributed by atoms with E-state index in [9.17, 15) is 4.79 Å². The van der Waals surface area contributed by atoms with E-state index in [1.807, 2.05) is 18.9 Å². The molecule has 2 rings (SSSR count). The van der Waals surface area contributed by atoms with E-state index in [4.69, 9.17) is 4.74 Å². The van der Waals surface area contributed by atoms with Crippen molar-refractivity contribution in [2.24, 2.45) is 0 Å². The van der Waals surface area contributed by atoms with Gasteiger partial charge in [-0.15, -0.1) is 0 Å². The highest BCUT2D eigenvalue weighted by atomic mass is 16.5. The van der Waals surface area contributed by atoms with E-state index >= 15 is 0 Å². The van der Waals surface area contributed by atoms with Crippen molar-refractivity contribution in [3.8, 4) is 0 Å². The van der Waals surface area contributed by atoms with Crippen LogP contribution >= 0.6 is 0 Å². The van der Waals surface area contributed by atoms with Gasteiger partial charge in [-0.3, -0.25) is 4.79 Å². The number of ether oxygens (including phenoxy) is 1. The summed E-state index contributed by atoms with van der Waals surface area (Å²) < 4.78 is 5.67. The van der Waals surface area contributed by atoms with Crippen molar-refractivity contribution >= 4 is 5.91 Å². The fourth-order valence-corrected chi connectivity index (χ4v) is 3.44. The maximum absolute atomic E-state index is 12.6.